The summed E-state index contributed by atoms with van der Waals surface area (Å²) in [5.74, 6) is 0.0771. The van der Waals surface area contributed by atoms with Crippen LogP contribution in [-0.4, -0.2) is 21.7 Å². The predicted molar refractivity (Wildman–Crippen MR) is 84.8 cm³/mol. The Hall–Kier alpha value is -1.85. The van der Waals surface area contributed by atoms with Gasteiger partial charge in [0.25, 0.3) is 0 Å². The van der Waals surface area contributed by atoms with Gasteiger partial charge in [0.2, 0.25) is 5.91 Å². The molecule has 1 aliphatic carbocycles. The summed E-state index contributed by atoms with van der Waals surface area (Å²) in [5.41, 5.74) is 7.52. The van der Waals surface area contributed by atoms with Gasteiger partial charge in [-0.25, -0.2) is 4.68 Å². The first-order valence-corrected chi connectivity index (χ1v) is 6.89. The molecule has 112 valence electrons. The number of carbonyl (C=O) groups is 1. The normalized spacial score (nSPS) is 20.8. The van der Waals surface area contributed by atoms with Crippen LogP contribution in [0.25, 0.3) is 5.69 Å². The summed E-state index contributed by atoms with van der Waals surface area (Å²) in [6, 6.07) is 9.68. The molecule has 1 amide bonds. The van der Waals surface area contributed by atoms with Gasteiger partial charge < -0.3 is 11.1 Å². The minimum absolute atomic E-state index is 0. The van der Waals surface area contributed by atoms with Gasteiger partial charge in [0.15, 0.2) is 0 Å². The number of nitrogens with one attached hydrogen (secondary N) is 1. The molecule has 0 bridgehead atoms. The van der Waals surface area contributed by atoms with Crippen molar-refractivity contribution in [1.82, 2.24) is 9.78 Å². The van der Waals surface area contributed by atoms with Crippen LogP contribution < -0.4 is 11.1 Å². The number of nitrogens with two attached hydrogens (primary N) is 1. The molecule has 0 spiro atoms. The molecule has 1 fully saturated rings. The lowest BCUT2D eigenvalue weighted by molar-refractivity contribution is -0.119. The first-order chi connectivity index (χ1) is 9.74. The Morgan fingerprint density at radius 2 is 2.10 bits per heavy atom. The van der Waals surface area contributed by atoms with E-state index in [0.29, 0.717) is 0 Å². The Labute approximate surface area is 129 Å². The highest BCUT2D eigenvalue weighted by Crippen LogP contribution is 2.27. The van der Waals surface area contributed by atoms with Crippen LogP contribution in [0.3, 0.4) is 0 Å². The molecule has 1 saturated carbocycles. The van der Waals surface area contributed by atoms with Crippen molar-refractivity contribution in [3.8, 4) is 5.69 Å². The van der Waals surface area contributed by atoms with Crippen molar-refractivity contribution >= 4 is 24.0 Å². The van der Waals surface area contributed by atoms with Crippen LogP contribution in [0, 0.1) is 5.92 Å². The summed E-state index contributed by atoms with van der Waals surface area (Å²) in [5, 5.41) is 7.22. The van der Waals surface area contributed by atoms with Gasteiger partial charge in [-0.15, -0.1) is 12.4 Å². The molecule has 2 atom stereocenters. The van der Waals surface area contributed by atoms with Crippen molar-refractivity contribution < 1.29 is 4.79 Å². The fraction of sp³-hybridized carbons (Fsp3) is 0.333. The zero-order valence-electron chi connectivity index (χ0n) is 11.6. The Morgan fingerprint density at radius 3 is 2.76 bits per heavy atom. The maximum atomic E-state index is 12.3. The van der Waals surface area contributed by atoms with E-state index in [2.05, 4.69) is 10.4 Å². The minimum atomic E-state index is 0. The molecule has 3 rings (SSSR count). The molecular weight excluding hydrogens is 288 g/mol. The first kappa shape index (κ1) is 15.5. The lowest BCUT2D eigenvalue weighted by Crippen LogP contribution is -2.23. The minimum Gasteiger partial charge on any atom is -0.328 e. The van der Waals surface area contributed by atoms with E-state index in [0.717, 1.165) is 30.6 Å². The smallest absolute Gasteiger partial charge is 0.227 e. The quantitative estimate of drug-likeness (QED) is 0.914. The van der Waals surface area contributed by atoms with Crippen LogP contribution in [0.5, 0.6) is 0 Å². The summed E-state index contributed by atoms with van der Waals surface area (Å²) in [6.45, 7) is 0. The highest BCUT2D eigenvalue weighted by Gasteiger charge is 2.28. The van der Waals surface area contributed by atoms with Crippen molar-refractivity contribution in [2.75, 3.05) is 5.32 Å². The van der Waals surface area contributed by atoms with E-state index in [1.165, 1.54) is 0 Å². The van der Waals surface area contributed by atoms with E-state index in [1.54, 1.807) is 10.9 Å². The van der Waals surface area contributed by atoms with Crippen molar-refractivity contribution in [2.24, 2.45) is 11.7 Å². The van der Waals surface area contributed by atoms with Crippen molar-refractivity contribution in [2.45, 2.75) is 25.3 Å². The SMILES string of the molecule is Cl.NC1CCC(C(=O)Nc2ccccc2-n2cccn2)C1. The number of amides is 1. The molecule has 0 radical (unpaired) electrons. The van der Waals surface area contributed by atoms with Gasteiger partial charge in [-0.1, -0.05) is 12.1 Å². The molecule has 2 aromatic rings. The Balaban J connectivity index is 0.00000161. The van der Waals surface area contributed by atoms with E-state index >= 15 is 0 Å². The van der Waals surface area contributed by atoms with Crippen LogP contribution >= 0.6 is 12.4 Å². The third-order valence-electron chi connectivity index (χ3n) is 3.76. The number of carbonyl (C=O) groups excluding carboxylic acids is 1. The monoisotopic (exact) mass is 306 g/mol. The van der Waals surface area contributed by atoms with E-state index in [9.17, 15) is 4.79 Å². The number of rotatable bonds is 3. The fourth-order valence-corrected chi connectivity index (χ4v) is 2.68. The highest BCUT2D eigenvalue weighted by molar-refractivity contribution is 5.94. The second kappa shape index (κ2) is 6.74. The molecule has 6 heteroatoms. The number of hydrogen-bond donors (Lipinski definition) is 2. The summed E-state index contributed by atoms with van der Waals surface area (Å²) in [6.07, 6.45) is 6.15. The third kappa shape index (κ3) is 3.43. The zero-order valence-corrected chi connectivity index (χ0v) is 12.4. The molecule has 21 heavy (non-hydrogen) atoms. The molecular formula is C15H19ClN4O. The van der Waals surface area contributed by atoms with Crippen LogP contribution in [0.15, 0.2) is 42.7 Å². The molecule has 5 nitrogen and oxygen atoms in total. The summed E-state index contributed by atoms with van der Waals surface area (Å²) >= 11 is 0. The van der Waals surface area contributed by atoms with Crippen LogP contribution in [0.2, 0.25) is 0 Å². The Bertz CT molecular complexity index is 599. The number of aromatic nitrogens is 2. The molecule has 1 aromatic carbocycles. The highest BCUT2D eigenvalue weighted by atomic mass is 35.5. The lowest BCUT2D eigenvalue weighted by atomic mass is 10.1. The van der Waals surface area contributed by atoms with Gasteiger partial charge in [0, 0.05) is 24.4 Å². The maximum absolute atomic E-state index is 12.3. The average Bonchev–Trinajstić information content (AvgIpc) is 3.10. The average molecular weight is 307 g/mol. The zero-order chi connectivity index (χ0) is 13.9. The summed E-state index contributed by atoms with van der Waals surface area (Å²) < 4.78 is 1.75. The third-order valence-corrected chi connectivity index (χ3v) is 3.76. The number of nitrogens with zero attached hydrogens (tertiary/aromatic N) is 2. The molecule has 3 N–H and O–H groups in total. The second-order valence-corrected chi connectivity index (χ2v) is 5.23. The van der Waals surface area contributed by atoms with Gasteiger partial charge in [-0.05, 0) is 37.5 Å². The fourth-order valence-electron chi connectivity index (χ4n) is 2.68. The second-order valence-electron chi connectivity index (χ2n) is 5.23. The number of hydrogen-bond acceptors (Lipinski definition) is 3. The van der Waals surface area contributed by atoms with Gasteiger partial charge in [-0.3, -0.25) is 4.79 Å². The van der Waals surface area contributed by atoms with E-state index < -0.39 is 0 Å². The van der Waals surface area contributed by atoms with Crippen molar-refractivity contribution in [3.05, 3.63) is 42.7 Å². The number of halogens is 1. The maximum Gasteiger partial charge on any atom is 0.227 e. The van der Waals surface area contributed by atoms with E-state index in [1.807, 2.05) is 36.5 Å². The van der Waals surface area contributed by atoms with Gasteiger partial charge >= 0.3 is 0 Å². The molecule has 0 saturated heterocycles. The number of anilines is 1. The largest absolute Gasteiger partial charge is 0.328 e. The van der Waals surface area contributed by atoms with Gasteiger partial charge in [-0.2, -0.15) is 5.10 Å². The predicted octanol–water partition coefficient (Wildman–Crippen LogP) is 2.36. The topological polar surface area (TPSA) is 72.9 Å². The van der Waals surface area contributed by atoms with Crippen molar-refractivity contribution in [3.63, 3.8) is 0 Å². The first-order valence-electron chi connectivity index (χ1n) is 6.89. The van der Waals surface area contributed by atoms with Crippen LogP contribution in [-0.2, 0) is 4.79 Å². The Kier molecular flexibility index (Phi) is 4.98. The number of para-hydroxylation sites is 2. The van der Waals surface area contributed by atoms with Crippen LogP contribution in [0.4, 0.5) is 5.69 Å². The van der Waals surface area contributed by atoms with E-state index in [4.69, 9.17) is 5.73 Å². The van der Waals surface area contributed by atoms with Crippen molar-refractivity contribution in [1.29, 1.82) is 0 Å². The molecule has 1 heterocycles. The van der Waals surface area contributed by atoms with Gasteiger partial charge in [0.1, 0.15) is 0 Å². The summed E-state index contributed by atoms with van der Waals surface area (Å²) in [7, 11) is 0. The lowest BCUT2D eigenvalue weighted by Gasteiger charge is -2.14. The molecule has 1 aromatic heterocycles. The Morgan fingerprint density at radius 1 is 1.29 bits per heavy atom. The van der Waals surface area contributed by atoms with E-state index in [-0.39, 0.29) is 30.3 Å². The summed E-state index contributed by atoms with van der Waals surface area (Å²) in [4.78, 5) is 12.3. The molecule has 2 unspecified atom stereocenters. The molecule has 0 aliphatic heterocycles. The molecule has 1 aliphatic rings. The van der Waals surface area contributed by atoms with Gasteiger partial charge in [0.05, 0.1) is 11.4 Å². The number of benzene rings is 1. The van der Waals surface area contributed by atoms with Crippen LogP contribution in [0.1, 0.15) is 19.3 Å². The standard InChI is InChI=1S/C15H18N4O.ClH/c16-12-7-6-11(10-12)15(20)18-13-4-1-2-5-14(13)19-9-3-8-17-19;/h1-5,8-9,11-12H,6-7,10,16H2,(H,18,20);1H.